The van der Waals surface area contributed by atoms with E-state index in [-0.39, 0.29) is 0 Å². The van der Waals surface area contributed by atoms with Crippen molar-refractivity contribution in [2.45, 2.75) is 6.92 Å². The number of ether oxygens (including phenoxy) is 1. The van der Waals surface area contributed by atoms with Gasteiger partial charge in [-0.3, -0.25) is 0 Å². The Kier molecular flexibility index (Phi) is 2.82. The molecule has 2 rings (SSSR count). The number of hydrogen-bond donors (Lipinski definition) is 1. The number of hydrogen-bond acceptors (Lipinski definition) is 4. The van der Waals surface area contributed by atoms with Crippen LogP contribution in [0.2, 0.25) is 0 Å². The summed E-state index contributed by atoms with van der Waals surface area (Å²) >= 11 is 0. The van der Waals surface area contributed by atoms with Crippen LogP contribution in [0.4, 0.5) is 5.69 Å². The molecule has 0 fully saturated rings. The van der Waals surface area contributed by atoms with Gasteiger partial charge in [-0.15, -0.1) is 0 Å². The van der Waals surface area contributed by atoms with Gasteiger partial charge in [0.2, 0.25) is 0 Å². The molecule has 0 saturated heterocycles. The number of benzene rings is 1. The molecule has 2 aromatic rings. The number of rotatable bonds is 2. The van der Waals surface area contributed by atoms with E-state index < -0.39 is 5.97 Å². The molecular formula is C12H13N3O2. The third-order valence-electron chi connectivity index (χ3n) is 2.53. The second kappa shape index (κ2) is 4.29. The Morgan fingerprint density at radius 1 is 1.47 bits per heavy atom. The Hall–Kier alpha value is -2.30. The number of nitrogens with two attached hydrogens (primary N) is 1. The van der Waals surface area contributed by atoms with Crippen LogP contribution in [0.15, 0.2) is 30.5 Å². The summed E-state index contributed by atoms with van der Waals surface area (Å²) in [6, 6.07) is 7.30. The van der Waals surface area contributed by atoms with Gasteiger partial charge in [-0.25, -0.2) is 9.48 Å². The van der Waals surface area contributed by atoms with Crippen LogP contribution in [0.3, 0.4) is 0 Å². The molecule has 2 N–H and O–H groups in total. The highest BCUT2D eigenvalue weighted by atomic mass is 16.5. The summed E-state index contributed by atoms with van der Waals surface area (Å²) in [5.74, 6) is -0.391. The lowest BCUT2D eigenvalue weighted by molar-refractivity contribution is 0.0600. The zero-order valence-corrected chi connectivity index (χ0v) is 9.68. The molecule has 0 aliphatic carbocycles. The third kappa shape index (κ3) is 1.99. The van der Waals surface area contributed by atoms with Gasteiger partial charge in [0.25, 0.3) is 0 Å². The predicted molar refractivity (Wildman–Crippen MR) is 64.1 cm³/mol. The molecular weight excluding hydrogens is 218 g/mol. The molecule has 5 nitrogen and oxygen atoms in total. The van der Waals surface area contributed by atoms with Gasteiger partial charge in [0, 0.05) is 5.69 Å². The second-order valence-corrected chi connectivity index (χ2v) is 3.64. The van der Waals surface area contributed by atoms with Crippen LogP contribution in [0.25, 0.3) is 5.69 Å². The van der Waals surface area contributed by atoms with Crippen LogP contribution < -0.4 is 5.73 Å². The van der Waals surface area contributed by atoms with Crippen molar-refractivity contribution in [2.24, 2.45) is 0 Å². The first kappa shape index (κ1) is 11.2. The molecule has 1 heterocycles. The first-order valence-corrected chi connectivity index (χ1v) is 5.12. The Bertz CT molecular complexity index is 561. The molecule has 5 heteroatoms. The maximum atomic E-state index is 11.4. The number of nitrogens with zero attached hydrogens (tertiary/aromatic N) is 2. The fourth-order valence-corrected chi connectivity index (χ4v) is 1.64. The number of anilines is 1. The minimum atomic E-state index is -0.391. The lowest BCUT2D eigenvalue weighted by atomic mass is 10.2. The van der Waals surface area contributed by atoms with Crippen LogP contribution in [0.1, 0.15) is 16.1 Å². The molecule has 0 bridgehead atoms. The minimum Gasteiger partial charge on any atom is -0.465 e. The van der Waals surface area contributed by atoms with Crippen molar-refractivity contribution in [3.63, 3.8) is 0 Å². The van der Waals surface area contributed by atoms with E-state index >= 15 is 0 Å². The summed E-state index contributed by atoms with van der Waals surface area (Å²) in [5, 5.41) is 4.16. The van der Waals surface area contributed by atoms with E-state index in [9.17, 15) is 4.79 Å². The first-order chi connectivity index (χ1) is 8.13. The number of carbonyl (C=O) groups is 1. The van der Waals surface area contributed by atoms with Crippen LogP contribution in [0.5, 0.6) is 0 Å². The van der Waals surface area contributed by atoms with Gasteiger partial charge in [-0.2, -0.15) is 5.10 Å². The van der Waals surface area contributed by atoms with Gasteiger partial charge >= 0.3 is 5.97 Å². The zero-order chi connectivity index (χ0) is 12.4. The lowest BCUT2D eigenvalue weighted by Gasteiger charge is -2.05. The van der Waals surface area contributed by atoms with Gasteiger partial charge in [0.15, 0.2) is 0 Å². The third-order valence-corrected chi connectivity index (χ3v) is 2.53. The van der Waals surface area contributed by atoms with Crippen molar-refractivity contribution in [1.82, 2.24) is 9.78 Å². The van der Waals surface area contributed by atoms with Crippen LogP contribution in [-0.4, -0.2) is 22.9 Å². The highest BCUT2D eigenvalue weighted by Crippen LogP contribution is 2.16. The van der Waals surface area contributed by atoms with Crippen molar-refractivity contribution in [3.8, 4) is 5.69 Å². The van der Waals surface area contributed by atoms with E-state index in [0.29, 0.717) is 11.3 Å². The predicted octanol–water partition coefficient (Wildman–Crippen LogP) is 1.55. The van der Waals surface area contributed by atoms with E-state index in [0.717, 1.165) is 11.4 Å². The fourth-order valence-electron chi connectivity index (χ4n) is 1.64. The molecule has 0 unspecified atom stereocenters. The van der Waals surface area contributed by atoms with E-state index in [4.69, 9.17) is 5.73 Å². The number of nitrogen functional groups attached to an aromatic ring is 1. The monoisotopic (exact) mass is 231 g/mol. The Morgan fingerprint density at radius 2 is 2.24 bits per heavy atom. The summed E-state index contributed by atoms with van der Waals surface area (Å²) in [7, 11) is 1.35. The topological polar surface area (TPSA) is 70.1 Å². The van der Waals surface area contributed by atoms with Crippen LogP contribution in [0, 0.1) is 6.92 Å². The summed E-state index contributed by atoms with van der Waals surface area (Å²) in [5.41, 5.74) is 8.35. The Balaban J connectivity index is 2.48. The fraction of sp³-hybridized carbons (Fsp3) is 0.167. The quantitative estimate of drug-likeness (QED) is 0.628. The van der Waals surface area contributed by atoms with Gasteiger partial charge < -0.3 is 10.5 Å². The van der Waals surface area contributed by atoms with Crippen molar-refractivity contribution < 1.29 is 9.53 Å². The number of carbonyl (C=O) groups excluding carboxylic acids is 1. The van der Waals surface area contributed by atoms with Crippen molar-refractivity contribution >= 4 is 11.7 Å². The van der Waals surface area contributed by atoms with Gasteiger partial charge in [0.1, 0.15) is 5.56 Å². The molecule has 17 heavy (non-hydrogen) atoms. The molecule has 0 amide bonds. The summed E-state index contributed by atoms with van der Waals surface area (Å²) in [6.45, 7) is 1.81. The molecule has 1 aromatic heterocycles. The SMILES string of the molecule is COC(=O)c1cnn(-c2cccc(N)c2)c1C. The first-order valence-electron chi connectivity index (χ1n) is 5.12. The number of esters is 1. The van der Waals surface area contributed by atoms with Crippen molar-refractivity contribution in [3.05, 3.63) is 41.7 Å². The molecule has 0 aliphatic heterocycles. The van der Waals surface area contributed by atoms with E-state index in [1.165, 1.54) is 13.3 Å². The van der Waals surface area contributed by atoms with E-state index in [2.05, 4.69) is 9.84 Å². The molecule has 88 valence electrons. The highest BCUT2D eigenvalue weighted by Gasteiger charge is 2.15. The van der Waals surface area contributed by atoms with E-state index in [1.54, 1.807) is 16.8 Å². The van der Waals surface area contributed by atoms with Gasteiger partial charge in [-0.1, -0.05) is 6.07 Å². The maximum absolute atomic E-state index is 11.4. The molecule has 0 spiro atoms. The lowest BCUT2D eigenvalue weighted by Crippen LogP contribution is -2.04. The Labute approximate surface area is 98.8 Å². The summed E-state index contributed by atoms with van der Waals surface area (Å²) in [4.78, 5) is 11.4. The molecule has 0 saturated carbocycles. The smallest absolute Gasteiger partial charge is 0.341 e. The molecule has 0 atom stereocenters. The molecule has 0 aliphatic rings. The number of methoxy groups -OCH3 is 1. The standard InChI is InChI=1S/C12H13N3O2/c1-8-11(12(16)17-2)7-14-15(8)10-5-3-4-9(13)6-10/h3-7H,13H2,1-2H3. The van der Waals surface area contributed by atoms with Crippen LogP contribution >= 0.6 is 0 Å². The second-order valence-electron chi connectivity index (χ2n) is 3.64. The minimum absolute atomic E-state index is 0.391. The molecule has 1 aromatic carbocycles. The summed E-state index contributed by atoms with van der Waals surface area (Å²) < 4.78 is 6.33. The highest BCUT2D eigenvalue weighted by molar-refractivity contribution is 5.90. The Morgan fingerprint density at radius 3 is 2.88 bits per heavy atom. The zero-order valence-electron chi connectivity index (χ0n) is 9.68. The molecule has 0 radical (unpaired) electrons. The van der Waals surface area contributed by atoms with Crippen molar-refractivity contribution in [2.75, 3.05) is 12.8 Å². The average Bonchev–Trinajstić information content (AvgIpc) is 2.70. The van der Waals surface area contributed by atoms with Crippen molar-refractivity contribution in [1.29, 1.82) is 0 Å². The maximum Gasteiger partial charge on any atom is 0.341 e. The normalized spacial score (nSPS) is 10.2. The van der Waals surface area contributed by atoms with E-state index in [1.807, 2.05) is 19.1 Å². The largest absolute Gasteiger partial charge is 0.465 e. The average molecular weight is 231 g/mol. The number of aromatic nitrogens is 2. The van der Waals surface area contributed by atoms with Gasteiger partial charge in [0.05, 0.1) is 24.7 Å². The summed E-state index contributed by atoms with van der Waals surface area (Å²) in [6.07, 6.45) is 1.49. The van der Waals surface area contributed by atoms with Gasteiger partial charge in [-0.05, 0) is 25.1 Å². The van der Waals surface area contributed by atoms with Crippen LogP contribution in [-0.2, 0) is 4.74 Å².